The highest BCUT2D eigenvalue weighted by molar-refractivity contribution is 6.11. The molecule has 10 rings (SSSR count). The molecule has 7 aromatic carbocycles. The third-order valence-corrected chi connectivity index (χ3v) is 9.45. The molecule has 3 heterocycles. The van der Waals surface area contributed by atoms with Crippen molar-refractivity contribution in [2.45, 2.75) is 0 Å². The molecule has 0 aliphatic carbocycles. The van der Waals surface area contributed by atoms with E-state index >= 15 is 0 Å². The van der Waals surface area contributed by atoms with E-state index in [9.17, 15) is 0 Å². The lowest BCUT2D eigenvalue weighted by molar-refractivity contribution is 0.670. The van der Waals surface area contributed by atoms with Crippen LogP contribution in [0.5, 0.6) is 0 Å². The first-order valence-corrected chi connectivity index (χ1v) is 16.7. The van der Waals surface area contributed by atoms with Crippen LogP contribution in [0.3, 0.4) is 0 Å². The van der Waals surface area contributed by atoms with Crippen LogP contribution >= 0.6 is 0 Å². The van der Waals surface area contributed by atoms with Gasteiger partial charge in [-0.1, -0.05) is 121 Å². The van der Waals surface area contributed by atoms with Gasteiger partial charge in [0.05, 0.1) is 11.0 Å². The molecule has 50 heavy (non-hydrogen) atoms. The molecule has 0 saturated heterocycles. The highest BCUT2D eigenvalue weighted by Gasteiger charge is 2.18. The van der Waals surface area contributed by atoms with Crippen molar-refractivity contribution in [3.05, 3.63) is 170 Å². The van der Waals surface area contributed by atoms with Crippen molar-refractivity contribution < 1.29 is 4.42 Å². The maximum absolute atomic E-state index is 6.39. The number of furan rings is 1. The summed E-state index contributed by atoms with van der Waals surface area (Å²) in [6.07, 6.45) is 0. The van der Waals surface area contributed by atoms with Crippen molar-refractivity contribution in [2.24, 2.45) is 0 Å². The molecule has 0 atom stereocenters. The van der Waals surface area contributed by atoms with Gasteiger partial charge in [0, 0.05) is 49.5 Å². The molecule has 0 bridgehead atoms. The van der Waals surface area contributed by atoms with Gasteiger partial charge in [-0.3, -0.25) is 0 Å². The first-order chi connectivity index (χ1) is 24.8. The van der Waals surface area contributed by atoms with Crippen LogP contribution in [0.25, 0.3) is 94.7 Å². The summed E-state index contributed by atoms with van der Waals surface area (Å²) in [5.41, 5.74) is 9.98. The highest BCUT2D eigenvalue weighted by Crippen LogP contribution is 2.38. The number of hydrogen-bond donors (Lipinski definition) is 0. The average molecular weight is 641 g/mol. The van der Waals surface area contributed by atoms with Crippen LogP contribution in [0.4, 0.5) is 0 Å². The molecular weight excluding hydrogens is 613 g/mol. The molecule has 0 fully saturated rings. The Kier molecular flexibility index (Phi) is 6.42. The number of para-hydroxylation sites is 4. The molecule has 0 amide bonds. The van der Waals surface area contributed by atoms with Gasteiger partial charge in [0.25, 0.3) is 0 Å². The van der Waals surface area contributed by atoms with E-state index in [2.05, 4.69) is 120 Å². The minimum absolute atomic E-state index is 0.610. The number of benzene rings is 7. The zero-order valence-electron chi connectivity index (χ0n) is 26.9. The summed E-state index contributed by atoms with van der Waals surface area (Å²) < 4.78 is 8.71. The van der Waals surface area contributed by atoms with Crippen LogP contribution in [0.1, 0.15) is 0 Å². The van der Waals surface area contributed by atoms with E-state index in [1.165, 1.54) is 5.39 Å². The third-order valence-electron chi connectivity index (χ3n) is 9.45. The maximum Gasteiger partial charge on any atom is 0.164 e. The number of aromatic nitrogens is 4. The Bertz CT molecular complexity index is 2870. The van der Waals surface area contributed by atoms with Crippen LogP contribution in [0.2, 0.25) is 0 Å². The zero-order valence-corrected chi connectivity index (χ0v) is 26.9. The number of fused-ring (bicyclic) bond motifs is 6. The predicted molar refractivity (Wildman–Crippen MR) is 203 cm³/mol. The van der Waals surface area contributed by atoms with E-state index in [0.29, 0.717) is 17.5 Å². The molecule has 3 aromatic heterocycles. The lowest BCUT2D eigenvalue weighted by Gasteiger charge is -2.10. The van der Waals surface area contributed by atoms with Gasteiger partial charge in [0.15, 0.2) is 17.5 Å². The van der Waals surface area contributed by atoms with Gasteiger partial charge in [-0.2, -0.15) is 0 Å². The molecule has 0 unspecified atom stereocenters. The van der Waals surface area contributed by atoms with Gasteiger partial charge in [0.1, 0.15) is 11.2 Å². The Balaban J connectivity index is 1.15. The second kappa shape index (κ2) is 11.4. The fraction of sp³-hybridized carbons (Fsp3) is 0. The lowest BCUT2D eigenvalue weighted by Crippen LogP contribution is -2.00. The van der Waals surface area contributed by atoms with Crippen LogP contribution in [0, 0.1) is 0 Å². The Morgan fingerprint density at radius 1 is 0.380 bits per heavy atom. The molecule has 10 aromatic rings. The van der Waals surface area contributed by atoms with Crippen molar-refractivity contribution in [3.63, 3.8) is 0 Å². The minimum Gasteiger partial charge on any atom is -0.455 e. The highest BCUT2D eigenvalue weighted by atomic mass is 16.3. The van der Waals surface area contributed by atoms with Crippen molar-refractivity contribution in [3.8, 4) is 51.0 Å². The van der Waals surface area contributed by atoms with Gasteiger partial charge < -0.3 is 8.98 Å². The monoisotopic (exact) mass is 640 g/mol. The molecule has 234 valence electrons. The number of nitrogens with zero attached hydrogens (tertiary/aromatic N) is 4. The second-order valence-corrected chi connectivity index (χ2v) is 12.5. The van der Waals surface area contributed by atoms with Crippen LogP contribution < -0.4 is 0 Å². The van der Waals surface area contributed by atoms with Gasteiger partial charge in [0.2, 0.25) is 0 Å². The van der Waals surface area contributed by atoms with E-state index in [4.69, 9.17) is 19.4 Å². The predicted octanol–water partition coefficient (Wildman–Crippen LogP) is 11.5. The van der Waals surface area contributed by atoms with Gasteiger partial charge in [-0.15, -0.1) is 0 Å². The smallest absolute Gasteiger partial charge is 0.164 e. The Morgan fingerprint density at radius 3 is 1.78 bits per heavy atom. The normalized spacial score (nSPS) is 11.6. The van der Waals surface area contributed by atoms with E-state index in [1.807, 2.05) is 54.6 Å². The van der Waals surface area contributed by atoms with Crippen LogP contribution in [-0.2, 0) is 0 Å². The molecule has 5 heteroatoms. The summed E-state index contributed by atoms with van der Waals surface area (Å²) in [7, 11) is 0. The standard InChI is InChI=1S/C45H28N4O/c1-3-13-29(14-4-1)43-46-44(31-16-11-15-30(27-31)34-21-12-22-37-36-20-8-10-24-41(36)50-42(34)37)48-45(47-43)32-25-26-40-38(28-32)35-19-7-9-23-39(35)49(40)33-17-5-2-6-18-33/h1-28H. The molecule has 0 spiro atoms. The first kappa shape index (κ1) is 28.2. The van der Waals surface area contributed by atoms with E-state index < -0.39 is 0 Å². The van der Waals surface area contributed by atoms with Crippen molar-refractivity contribution >= 4 is 43.7 Å². The first-order valence-electron chi connectivity index (χ1n) is 16.7. The zero-order chi connectivity index (χ0) is 33.0. The molecular formula is C45H28N4O. The maximum atomic E-state index is 6.39. The Morgan fingerprint density at radius 2 is 0.960 bits per heavy atom. The Hall–Kier alpha value is -6.85. The van der Waals surface area contributed by atoms with E-state index in [0.717, 1.165) is 71.9 Å². The van der Waals surface area contributed by atoms with Gasteiger partial charge >= 0.3 is 0 Å². The molecule has 5 nitrogen and oxygen atoms in total. The molecule has 0 radical (unpaired) electrons. The van der Waals surface area contributed by atoms with Crippen molar-refractivity contribution in [1.82, 2.24) is 19.5 Å². The summed E-state index contributed by atoms with van der Waals surface area (Å²) >= 11 is 0. The quantitative estimate of drug-likeness (QED) is 0.188. The fourth-order valence-electron chi connectivity index (χ4n) is 7.12. The molecule has 0 aliphatic rings. The topological polar surface area (TPSA) is 56.7 Å². The average Bonchev–Trinajstić information content (AvgIpc) is 3.74. The second-order valence-electron chi connectivity index (χ2n) is 12.5. The summed E-state index contributed by atoms with van der Waals surface area (Å²) in [6.45, 7) is 0. The SMILES string of the molecule is c1ccc(-c2nc(-c3cccc(-c4cccc5c4oc4ccccc45)c3)nc(-c3ccc4c(c3)c3ccccc3n4-c3ccccc3)n2)cc1. The Labute approximate surface area is 287 Å². The van der Waals surface area contributed by atoms with Gasteiger partial charge in [-0.25, -0.2) is 15.0 Å². The summed E-state index contributed by atoms with van der Waals surface area (Å²) in [4.78, 5) is 15.2. The summed E-state index contributed by atoms with van der Waals surface area (Å²) in [5.74, 6) is 1.86. The summed E-state index contributed by atoms with van der Waals surface area (Å²) in [6, 6.07) is 58.5. The van der Waals surface area contributed by atoms with Crippen molar-refractivity contribution in [2.75, 3.05) is 0 Å². The number of rotatable bonds is 5. The molecule has 0 aliphatic heterocycles. The van der Waals surface area contributed by atoms with E-state index in [1.54, 1.807) is 0 Å². The van der Waals surface area contributed by atoms with Crippen LogP contribution in [0.15, 0.2) is 174 Å². The lowest BCUT2D eigenvalue weighted by atomic mass is 10.00. The fourth-order valence-corrected chi connectivity index (χ4v) is 7.12. The molecule has 0 saturated carbocycles. The number of hydrogen-bond acceptors (Lipinski definition) is 4. The minimum atomic E-state index is 0.610. The van der Waals surface area contributed by atoms with Crippen molar-refractivity contribution in [1.29, 1.82) is 0 Å². The summed E-state index contributed by atoms with van der Waals surface area (Å²) in [5, 5.41) is 4.53. The van der Waals surface area contributed by atoms with E-state index in [-0.39, 0.29) is 0 Å². The van der Waals surface area contributed by atoms with Gasteiger partial charge in [-0.05, 0) is 54.1 Å². The third kappa shape index (κ3) is 4.60. The largest absolute Gasteiger partial charge is 0.455 e. The van der Waals surface area contributed by atoms with Crippen LogP contribution in [-0.4, -0.2) is 19.5 Å². The molecule has 0 N–H and O–H groups in total.